The van der Waals surface area contributed by atoms with Crippen LogP contribution in [0.1, 0.15) is 25.8 Å². The average molecular weight is 252 g/mol. The predicted octanol–water partition coefficient (Wildman–Crippen LogP) is 0.796. The molecule has 0 saturated carbocycles. The van der Waals surface area contributed by atoms with Gasteiger partial charge in [-0.05, 0) is 23.9 Å². The van der Waals surface area contributed by atoms with Gasteiger partial charge < -0.3 is 10.6 Å². The minimum absolute atomic E-state index is 0.0291. The Bertz CT molecular complexity index is 397. The van der Waals surface area contributed by atoms with Crippen LogP contribution in [0, 0.1) is 5.41 Å². The number of aromatic nitrogens is 2. The lowest BCUT2D eigenvalue weighted by Crippen LogP contribution is -2.39. The Kier molecular flexibility index (Phi) is 4.90. The van der Waals surface area contributed by atoms with Crippen molar-refractivity contribution in [2.45, 2.75) is 26.7 Å². The smallest absolute Gasteiger partial charge is 0.222 e. The summed E-state index contributed by atoms with van der Waals surface area (Å²) in [6, 6.07) is 0. The van der Waals surface area contributed by atoms with Gasteiger partial charge in [0.2, 0.25) is 5.91 Å². The molecule has 0 unspecified atom stereocenters. The maximum absolute atomic E-state index is 12.0. The number of amides is 1. The average Bonchev–Trinajstić information content (AvgIpc) is 2.71. The van der Waals surface area contributed by atoms with Gasteiger partial charge in [0.05, 0.1) is 6.20 Å². The Morgan fingerprint density at radius 3 is 2.72 bits per heavy atom. The molecule has 0 radical (unpaired) electrons. The second kappa shape index (κ2) is 6.00. The summed E-state index contributed by atoms with van der Waals surface area (Å²) in [4.78, 5) is 13.7. The number of hydrogen-bond donors (Lipinski definition) is 1. The second-order valence-electron chi connectivity index (χ2n) is 5.64. The summed E-state index contributed by atoms with van der Waals surface area (Å²) in [5.74, 6) is 0.153. The molecule has 5 heteroatoms. The predicted molar refractivity (Wildman–Crippen MR) is 72.0 cm³/mol. The maximum Gasteiger partial charge on any atom is 0.222 e. The van der Waals surface area contributed by atoms with Gasteiger partial charge in [0.15, 0.2) is 0 Å². The van der Waals surface area contributed by atoms with Crippen LogP contribution in [0.3, 0.4) is 0 Å². The Balaban J connectivity index is 2.41. The van der Waals surface area contributed by atoms with Crippen molar-refractivity contribution in [1.29, 1.82) is 0 Å². The third-order valence-electron chi connectivity index (χ3n) is 3.03. The molecule has 18 heavy (non-hydrogen) atoms. The van der Waals surface area contributed by atoms with Gasteiger partial charge in [-0.15, -0.1) is 0 Å². The van der Waals surface area contributed by atoms with Crippen LogP contribution in [-0.2, 0) is 18.3 Å². The van der Waals surface area contributed by atoms with E-state index in [0.29, 0.717) is 19.5 Å². The van der Waals surface area contributed by atoms with Crippen molar-refractivity contribution in [2.75, 3.05) is 20.1 Å². The summed E-state index contributed by atoms with van der Waals surface area (Å²) in [6.45, 7) is 5.40. The molecule has 0 aliphatic rings. The fourth-order valence-corrected chi connectivity index (χ4v) is 1.84. The normalized spacial score (nSPS) is 11.6. The van der Waals surface area contributed by atoms with Crippen molar-refractivity contribution in [2.24, 2.45) is 18.2 Å². The van der Waals surface area contributed by atoms with E-state index in [1.165, 1.54) is 0 Å². The quantitative estimate of drug-likeness (QED) is 0.814. The number of hydrogen-bond acceptors (Lipinski definition) is 3. The molecule has 1 amide bonds. The van der Waals surface area contributed by atoms with Crippen molar-refractivity contribution in [1.82, 2.24) is 14.7 Å². The van der Waals surface area contributed by atoms with Crippen LogP contribution in [0.15, 0.2) is 12.4 Å². The molecule has 0 spiro atoms. The van der Waals surface area contributed by atoms with E-state index in [9.17, 15) is 4.79 Å². The minimum atomic E-state index is -0.0291. The molecule has 0 aliphatic carbocycles. The van der Waals surface area contributed by atoms with Gasteiger partial charge in [0, 0.05) is 33.3 Å². The first-order valence-electron chi connectivity index (χ1n) is 6.25. The van der Waals surface area contributed by atoms with Gasteiger partial charge in [0.1, 0.15) is 0 Å². The Labute approximate surface area is 109 Å². The van der Waals surface area contributed by atoms with Crippen molar-refractivity contribution in [3.05, 3.63) is 18.0 Å². The number of nitrogens with two attached hydrogens (primary N) is 1. The zero-order chi connectivity index (χ0) is 13.8. The molecule has 0 fully saturated rings. The monoisotopic (exact) mass is 252 g/mol. The van der Waals surface area contributed by atoms with E-state index in [1.807, 2.05) is 20.3 Å². The molecule has 0 aromatic carbocycles. The van der Waals surface area contributed by atoms with Crippen molar-refractivity contribution < 1.29 is 4.79 Å². The summed E-state index contributed by atoms with van der Waals surface area (Å²) in [6.07, 6.45) is 5.00. The van der Waals surface area contributed by atoms with Gasteiger partial charge in [-0.25, -0.2) is 0 Å². The molecule has 1 rings (SSSR count). The van der Waals surface area contributed by atoms with E-state index in [0.717, 1.165) is 12.0 Å². The topological polar surface area (TPSA) is 64.2 Å². The van der Waals surface area contributed by atoms with Crippen LogP contribution in [0.2, 0.25) is 0 Å². The van der Waals surface area contributed by atoms with Crippen LogP contribution in [-0.4, -0.2) is 40.7 Å². The van der Waals surface area contributed by atoms with E-state index in [-0.39, 0.29) is 11.3 Å². The highest BCUT2D eigenvalue weighted by molar-refractivity contribution is 5.76. The van der Waals surface area contributed by atoms with E-state index in [4.69, 9.17) is 5.73 Å². The molecule has 1 heterocycles. The molecular formula is C13H24N4O. The lowest BCUT2D eigenvalue weighted by atomic mass is 9.93. The molecule has 1 aromatic rings. The largest absolute Gasteiger partial charge is 0.345 e. The molecule has 0 atom stereocenters. The third kappa shape index (κ3) is 4.49. The second-order valence-corrected chi connectivity index (χ2v) is 5.64. The van der Waals surface area contributed by atoms with Gasteiger partial charge >= 0.3 is 0 Å². The fourth-order valence-electron chi connectivity index (χ4n) is 1.84. The van der Waals surface area contributed by atoms with Gasteiger partial charge in [-0.2, -0.15) is 5.10 Å². The Morgan fingerprint density at radius 1 is 1.56 bits per heavy atom. The highest BCUT2D eigenvalue weighted by atomic mass is 16.2. The number of carbonyl (C=O) groups is 1. The molecule has 1 aromatic heterocycles. The summed E-state index contributed by atoms with van der Waals surface area (Å²) >= 11 is 0. The zero-order valence-corrected chi connectivity index (χ0v) is 11.8. The van der Waals surface area contributed by atoms with E-state index < -0.39 is 0 Å². The van der Waals surface area contributed by atoms with Crippen LogP contribution in [0.4, 0.5) is 0 Å². The molecule has 5 nitrogen and oxygen atoms in total. The Morgan fingerprint density at radius 2 is 2.22 bits per heavy atom. The highest BCUT2D eigenvalue weighted by Gasteiger charge is 2.20. The lowest BCUT2D eigenvalue weighted by molar-refractivity contribution is -0.131. The summed E-state index contributed by atoms with van der Waals surface area (Å²) in [7, 11) is 3.71. The first kappa shape index (κ1) is 14.7. The third-order valence-corrected chi connectivity index (χ3v) is 3.03. The number of rotatable bonds is 6. The minimum Gasteiger partial charge on any atom is -0.345 e. The van der Waals surface area contributed by atoms with Crippen molar-refractivity contribution in [3.63, 3.8) is 0 Å². The standard InChI is InChI=1S/C13H24N4O/c1-13(2,9-14)10-16(3)12(18)6-5-11-7-15-17(4)8-11/h7-8H,5-6,9-10,14H2,1-4H3. The molecule has 102 valence electrons. The molecule has 0 aliphatic heterocycles. The van der Waals surface area contributed by atoms with Crippen LogP contribution < -0.4 is 5.73 Å². The molecule has 2 N–H and O–H groups in total. The lowest BCUT2D eigenvalue weighted by Gasteiger charge is -2.29. The summed E-state index contributed by atoms with van der Waals surface area (Å²) in [5, 5.41) is 4.09. The van der Waals surface area contributed by atoms with Gasteiger partial charge in [-0.1, -0.05) is 13.8 Å². The molecule has 0 bridgehead atoms. The SMILES string of the molecule is CN(CC(C)(C)CN)C(=O)CCc1cnn(C)c1. The summed E-state index contributed by atoms with van der Waals surface area (Å²) in [5.41, 5.74) is 6.74. The summed E-state index contributed by atoms with van der Waals surface area (Å²) < 4.78 is 1.75. The van der Waals surface area contributed by atoms with E-state index >= 15 is 0 Å². The fraction of sp³-hybridized carbons (Fsp3) is 0.692. The number of carbonyl (C=O) groups excluding carboxylic acids is 1. The highest BCUT2D eigenvalue weighted by Crippen LogP contribution is 2.14. The number of nitrogens with zero attached hydrogens (tertiary/aromatic N) is 3. The first-order chi connectivity index (χ1) is 8.34. The van der Waals surface area contributed by atoms with E-state index in [1.54, 1.807) is 15.8 Å². The van der Waals surface area contributed by atoms with Crippen LogP contribution in [0.5, 0.6) is 0 Å². The molecule has 0 saturated heterocycles. The van der Waals surface area contributed by atoms with Crippen LogP contribution in [0.25, 0.3) is 0 Å². The van der Waals surface area contributed by atoms with E-state index in [2.05, 4.69) is 18.9 Å². The first-order valence-corrected chi connectivity index (χ1v) is 6.25. The van der Waals surface area contributed by atoms with Gasteiger partial charge in [0.25, 0.3) is 0 Å². The van der Waals surface area contributed by atoms with Gasteiger partial charge in [-0.3, -0.25) is 9.48 Å². The Hall–Kier alpha value is -1.36. The molecular weight excluding hydrogens is 228 g/mol. The van der Waals surface area contributed by atoms with Crippen LogP contribution >= 0.6 is 0 Å². The van der Waals surface area contributed by atoms with Crippen molar-refractivity contribution in [3.8, 4) is 0 Å². The van der Waals surface area contributed by atoms with Crippen molar-refractivity contribution >= 4 is 5.91 Å². The number of aryl methyl sites for hydroxylation is 2. The maximum atomic E-state index is 12.0. The zero-order valence-electron chi connectivity index (χ0n) is 11.8.